The summed E-state index contributed by atoms with van der Waals surface area (Å²) in [6.45, 7) is 59.5. The van der Waals surface area contributed by atoms with E-state index in [-0.39, 0.29) is 42.2 Å². The molecule has 1 aromatic rings. The molecule has 778 valence electrons. The molecule has 0 aliphatic heterocycles. The molecule has 0 bridgehead atoms. The van der Waals surface area contributed by atoms with Crippen LogP contribution < -0.4 is 10.6 Å². The van der Waals surface area contributed by atoms with E-state index in [0.717, 1.165) is 74.9 Å². The number of ether oxygens (including phenoxy) is 6. The minimum Gasteiger partial charge on any atom is -0.463 e. The van der Waals surface area contributed by atoms with E-state index in [1.54, 1.807) is 147 Å². The van der Waals surface area contributed by atoms with Crippen LogP contribution >= 0.6 is 0 Å². The largest absolute Gasteiger partial charge is 0.528 e. The van der Waals surface area contributed by atoms with Gasteiger partial charge in [-0.05, 0) is 164 Å². The van der Waals surface area contributed by atoms with Gasteiger partial charge in [-0.25, -0.2) is 28.8 Å². The summed E-state index contributed by atoms with van der Waals surface area (Å²) < 4.78 is 153. The highest BCUT2D eigenvalue weighted by atomic mass is 28.4. The fraction of sp³-hybridized carbons (Fsp3) is 0.682. The Kier molecular flexibility index (Phi) is 92.0. The average molecular weight is 2050 g/mol. The van der Waals surface area contributed by atoms with Gasteiger partial charge in [0.25, 0.3) is 0 Å². The number of esters is 6. The maximum atomic E-state index is 11.2. The molecule has 0 saturated carbocycles. The van der Waals surface area contributed by atoms with E-state index in [2.05, 4.69) is 87.5 Å². The lowest BCUT2D eigenvalue weighted by Crippen LogP contribution is -2.50. The second-order valence-electron chi connectivity index (χ2n) is 28.8. The number of benzene rings is 1. The second kappa shape index (κ2) is 87.0. The van der Waals surface area contributed by atoms with E-state index in [1.165, 1.54) is 5.56 Å². The Hall–Kier alpha value is -5.30. The van der Waals surface area contributed by atoms with E-state index in [0.29, 0.717) is 139 Å². The molecule has 1 rings (SSSR count). The van der Waals surface area contributed by atoms with Crippen LogP contribution in [0.3, 0.4) is 0 Å². The molecule has 0 aliphatic rings. The zero-order chi connectivity index (χ0) is 103. The first-order chi connectivity index (χ1) is 62.9. The van der Waals surface area contributed by atoms with Gasteiger partial charge in [0.1, 0.15) is 0 Å². The molecule has 0 spiro atoms. The van der Waals surface area contributed by atoms with E-state index < -0.39 is 82.1 Å². The smallest absolute Gasteiger partial charge is 0.463 e. The van der Waals surface area contributed by atoms with Crippen molar-refractivity contribution < 1.29 is 159 Å². The number of hydrogen-bond acceptors (Lipinski definition) is 37. The van der Waals surface area contributed by atoms with Gasteiger partial charge in [0, 0.05) is 250 Å². The molecule has 0 radical (unpaired) electrons. The summed E-state index contributed by atoms with van der Waals surface area (Å²) in [6.07, 6.45) is 10.3. The van der Waals surface area contributed by atoms with Gasteiger partial charge >= 0.3 is 106 Å². The van der Waals surface area contributed by atoms with Crippen LogP contribution in [0.4, 0.5) is 0 Å². The molecule has 45 heteroatoms. The first kappa shape index (κ1) is 141. The van der Waals surface area contributed by atoms with Crippen LogP contribution in [0.2, 0.25) is 48.9 Å². The van der Waals surface area contributed by atoms with Crippen molar-refractivity contribution in [1.82, 2.24) is 10.6 Å². The normalized spacial score (nSPS) is 11.5. The average Bonchev–Trinajstić information content (AvgIpc) is 0.843. The van der Waals surface area contributed by atoms with Crippen LogP contribution in [0.1, 0.15) is 139 Å². The predicted octanol–water partition coefficient (Wildman–Crippen LogP) is 13.9. The summed E-state index contributed by atoms with van der Waals surface area (Å²) >= 11 is 0. The molecule has 0 aliphatic carbocycles. The third kappa shape index (κ3) is 71.8. The molecule has 37 nitrogen and oxygen atoms in total. The molecule has 2 N–H and O–H groups in total. The lowest BCUT2D eigenvalue weighted by atomic mass is 10.1. The topological polar surface area (TPSA) is 394 Å². The van der Waals surface area contributed by atoms with Crippen molar-refractivity contribution >= 4 is 112 Å². The summed E-state index contributed by atoms with van der Waals surface area (Å²) in [4.78, 5) is 65.8. The Morgan fingerprint density at radius 1 is 0.331 bits per heavy atom. The molecule has 0 amide bonds. The van der Waals surface area contributed by atoms with Crippen molar-refractivity contribution in [3.05, 3.63) is 129 Å². The summed E-state index contributed by atoms with van der Waals surface area (Å²) in [7, 11) is 7.05. The maximum absolute atomic E-state index is 11.2. The predicted molar refractivity (Wildman–Crippen MR) is 533 cm³/mol. The summed E-state index contributed by atoms with van der Waals surface area (Å²) in [5, 5.41) is 6.84. The van der Waals surface area contributed by atoms with E-state index in [1.807, 2.05) is 74.9 Å². The Morgan fingerprint density at radius 2 is 0.586 bits per heavy atom. The first-order valence-corrected chi connectivity index (χ1v) is 59.8. The number of rotatable bonds is 70. The second-order valence-corrected chi connectivity index (χ2v) is 52.9. The number of carbonyl (C=O) groups excluding carboxylic acids is 6. The van der Waals surface area contributed by atoms with Gasteiger partial charge in [0.2, 0.25) is 0 Å². The van der Waals surface area contributed by atoms with E-state index >= 15 is 0 Å². The van der Waals surface area contributed by atoms with Crippen LogP contribution in [0.25, 0.3) is 6.08 Å². The summed E-state index contributed by atoms with van der Waals surface area (Å²) in [5.41, 5.74) is 5.21. The molecule has 0 saturated heterocycles. The van der Waals surface area contributed by atoms with Gasteiger partial charge < -0.3 is 141 Å². The molecule has 0 aromatic heterocycles. The van der Waals surface area contributed by atoms with Crippen molar-refractivity contribution in [2.75, 3.05) is 200 Å². The van der Waals surface area contributed by atoms with E-state index in [4.69, 9.17) is 130 Å². The van der Waals surface area contributed by atoms with Gasteiger partial charge in [-0.1, -0.05) is 83.0 Å². The summed E-state index contributed by atoms with van der Waals surface area (Å²) in [6, 6.07) is 13.2. The minimum atomic E-state index is -2.78. The zero-order valence-electron chi connectivity index (χ0n) is 86.5. The molecule has 0 fully saturated rings. The van der Waals surface area contributed by atoms with Gasteiger partial charge in [-0.2, -0.15) is 0 Å². The molecule has 0 unspecified atom stereocenters. The zero-order valence-corrected chi connectivity index (χ0v) is 94.5. The van der Waals surface area contributed by atoms with Gasteiger partial charge in [0.15, 0.2) is 0 Å². The van der Waals surface area contributed by atoms with Crippen molar-refractivity contribution in [1.29, 1.82) is 0 Å². The van der Waals surface area contributed by atoms with Crippen LogP contribution in [0, 0.1) is 0 Å². The lowest BCUT2D eigenvalue weighted by Gasteiger charge is -2.34. The first-order valence-electron chi connectivity index (χ1n) is 43.8. The molecule has 1 aromatic carbocycles. The highest BCUT2D eigenvalue weighted by molar-refractivity contribution is 6.66. The van der Waals surface area contributed by atoms with Crippen LogP contribution in [0.15, 0.2) is 118 Å². The standard InChI is InChI=1S/C17H30N2O3Si.C15H30O5Si.C13H26O5Si.2C10H20O5Si.C9H18O5Si.C9H18O4Si.C5H12O3Si/c1-5-16-7-9-17(10-8-16)15-19-13-12-18-11-6-14-23(20-2,21-3)22-4;1-8-15(16)17-10-9-11-21(18-12(2)3,19-13(4)5)20-14(6)7;1-6-16-19(17-7-2,18-8-3)11-9-10-15-13(14)12(4)5;2*1-9(2)10(11)15-7-6-8-16(12-3,13-4)14-5;1-5-9(10)14-7-6-8-15(11-2,12-3)13-4;1-5-9(10)13-7-6-8-14(4,11-2)12-3;1-5-9(6-2,7-3)8-4/h5,7-10,18-19H,1,6,11-15H2,2-4H3;8,12-14H,1,9-11H2,2-7H3;4,6-11H2,1-3,5H3;2*1,6-8H2,2-5H3;5H,1,6-8H2,2-4H3;5H,1,6-8H2,2-4H3;5H,1H2,2-4H3. The Balaban J connectivity index is -0.000000276. The van der Waals surface area contributed by atoms with Crippen molar-refractivity contribution in [3.8, 4) is 0 Å². The molecule has 0 heterocycles. The SMILES string of the molecule is C=C(C)C(=O)OCCC[Si](OC)(OC)OC.C=C(C)C(=O)OCCC[Si](OC)(OC)OC.C=C(C)C(=O)OCCC[Si](OCC)(OCC)OCC.C=CC(=O)OCCC[Si](C)(OC)OC.C=CC(=O)OCCC[Si](OC(C)C)(OC(C)C)OC(C)C.C=CC(=O)OCCC[Si](OC)(OC)OC.C=C[Si](OC)(OC)OC.C=Cc1ccc(CNCCNCCC[Si](OC)(OC)OC)cc1. The molecule has 0 atom stereocenters. The Labute approximate surface area is 807 Å². The van der Waals surface area contributed by atoms with Crippen molar-refractivity contribution in [2.24, 2.45) is 0 Å². The number of hydrogen-bond donors (Lipinski definition) is 2. The number of nitrogens with one attached hydrogen (secondary N) is 2. The highest BCUT2D eigenvalue weighted by Crippen LogP contribution is 2.26. The molecular weight excluding hydrogens is 1870 g/mol. The minimum absolute atomic E-state index is 0.0184. The maximum Gasteiger partial charge on any atom is 0.528 e. The van der Waals surface area contributed by atoms with Gasteiger partial charge in [0.05, 0.1) is 39.6 Å². The molecular formula is C88H174N2O35Si8. The quantitative estimate of drug-likeness (QED) is 0.0201. The third-order valence-corrected chi connectivity index (χ3v) is 40.9. The summed E-state index contributed by atoms with van der Waals surface area (Å²) in [5.74, 6) is -2.34. The number of carbonyl (C=O) groups is 6. The molecule has 133 heavy (non-hydrogen) atoms. The Morgan fingerprint density at radius 3 is 0.812 bits per heavy atom. The van der Waals surface area contributed by atoms with Crippen LogP contribution in [-0.2, 0) is 166 Å². The van der Waals surface area contributed by atoms with Gasteiger partial charge in [-0.15, -0.1) is 0 Å². The lowest BCUT2D eigenvalue weighted by molar-refractivity contribution is -0.139. The van der Waals surface area contributed by atoms with Crippen LogP contribution in [-0.4, -0.2) is 324 Å². The van der Waals surface area contributed by atoms with Crippen molar-refractivity contribution in [2.45, 2.75) is 202 Å². The monoisotopic (exact) mass is 2040 g/mol. The van der Waals surface area contributed by atoms with Crippen molar-refractivity contribution in [3.63, 3.8) is 0 Å². The third-order valence-electron chi connectivity index (χ3n) is 17.8. The highest BCUT2D eigenvalue weighted by Gasteiger charge is 2.45. The van der Waals surface area contributed by atoms with Crippen LogP contribution in [0.5, 0.6) is 0 Å². The Bertz CT molecular complexity index is 3070. The fourth-order valence-corrected chi connectivity index (χ4v) is 25.5. The van der Waals surface area contributed by atoms with E-state index in [9.17, 15) is 28.8 Å². The fourth-order valence-electron chi connectivity index (χ4n) is 10.5. The van der Waals surface area contributed by atoms with Gasteiger partial charge in [-0.3, -0.25) is 0 Å².